The molecule has 2 aliphatic rings. The van der Waals surface area contributed by atoms with Gasteiger partial charge in [0.1, 0.15) is 5.82 Å². The van der Waals surface area contributed by atoms with Gasteiger partial charge < -0.3 is 10.2 Å². The molecular formula is C23H26FN3O4S. The molecule has 1 N–H and O–H groups in total. The van der Waals surface area contributed by atoms with Crippen molar-refractivity contribution in [2.45, 2.75) is 30.6 Å². The van der Waals surface area contributed by atoms with Gasteiger partial charge in [-0.25, -0.2) is 12.8 Å². The van der Waals surface area contributed by atoms with Crippen LogP contribution < -0.4 is 5.32 Å². The number of rotatable bonds is 7. The van der Waals surface area contributed by atoms with Gasteiger partial charge in [-0.3, -0.25) is 9.59 Å². The average Bonchev–Trinajstić information content (AvgIpc) is 3.44. The Morgan fingerprint density at radius 1 is 1.03 bits per heavy atom. The van der Waals surface area contributed by atoms with Gasteiger partial charge in [0.15, 0.2) is 0 Å². The normalized spacial score (nSPS) is 19.5. The van der Waals surface area contributed by atoms with Crippen LogP contribution in [0.3, 0.4) is 0 Å². The second-order valence-electron chi connectivity index (χ2n) is 8.24. The maximum atomic E-state index is 13.0. The van der Waals surface area contributed by atoms with Gasteiger partial charge in [-0.15, -0.1) is 0 Å². The number of carbonyl (C=O) groups is 2. The van der Waals surface area contributed by atoms with Gasteiger partial charge in [-0.05, 0) is 61.2 Å². The van der Waals surface area contributed by atoms with Gasteiger partial charge in [-0.2, -0.15) is 4.31 Å². The Morgan fingerprint density at radius 3 is 2.34 bits per heavy atom. The maximum absolute atomic E-state index is 13.0. The molecule has 2 fully saturated rings. The Morgan fingerprint density at radius 2 is 1.69 bits per heavy atom. The standard InChI is InChI=1S/C23H26FN3O4S/c24-19-5-3-17(4-6-19)11-14-26-16-18(15-22(26)28)23(29)25-20-7-9-21(10-8-20)32(30,31)27-12-1-2-13-27/h3-10,18H,1-2,11-16H2,(H,25,29)/t18-/m0/s1. The zero-order valence-corrected chi connectivity index (χ0v) is 18.5. The molecule has 0 saturated carbocycles. The highest BCUT2D eigenvalue weighted by molar-refractivity contribution is 7.89. The number of sulfonamides is 1. The molecular weight excluding hydrogens is 433 g/mol. The monoisotopic (exact) mass is 459 g/mol. The van der Waals surface area contributed by atoms with E-state index in [-0.39, 0.29) is 28.9 Å². The Balaban J connectivity index is 1.31. The van der Waals surface area contributed by atoms with Crippen LogP contribution in [0.15, 0.2) is 53.4 Å². The average molecular weight is 460 g/mol. The molecule has 0 unspecified atom stereocenters. The Kier molecular flexibility index (Phi) is 6.57. The van der Waals surface area contributed by atoms with Crippen molar-refractivity contribution in [2.75, 3.05) is 31.5 Å². The molecule has 1 atom stereocenters. The molecule has 7 nitrogen and oxygen atoms in total. The molecule has 9 heteroatoms. The van der Waals surface area contributed by atoms with E-state index in [4.69, 9.17) is 0 Å². The highest BCUT2D eigenvalue weighted by atomic mass is 32.2. The van der Waals surface area contributed by atoms with Crippen LogP contribution >= 0.6 is 0 Å². The molecule has 2 saturated heterocycles. The zero-order valence-electron chi connectivity index (χ0n) is 17.7. The second kappa shape index (κ2) is 9.38. The molecule has 4 rings (SSSR count). The number of nitrogens with zero attached hydrogens (tertiary/aromatic N) is 2. The van der Waals surface area contributed by atoms with Crippen molar-refractivity contribution < 1.29 is 22.4 Å². The molecule has 0 aliphatic carbocycles. The van der Waals surface area contributed by atoms with Crippen molar-refractivity contribution in [1.29, 1.82) is 0 Å². The van der Waals surface area contributed by atoms with E-state index < -0.39 is 15.9 Å². The minimum atomic E-state index is -3.50. The van der Waals surface area contributed by atoms with Crippen LogP contribution in [0.1, 0.15) is 24.8 Å². The van der Waals surface area contributed by atoms with Crippen LogP contribution in [0, 0.1) is 11.7 Å². The number of anilines is 1. The molecule has 0 aromatic heterocycles. The van der Waals surface area contributed by atoms with Crippen LogP contribution in [0.4, 0.5) is 10.1 Å². The summed E-state index contributed by atoms with van der Waals surface area (Å²) in [6.45, 7) is 1.87. The van der Waals surface area contributed by atoms with Gasteiger partial charge in [0, 0.05) is 38.3 Å². The maximum Gasteiger partial charge on any atom is 0.243 e. The van der Waals surface area contributed by atoms with E-state index in [1.165, 1.54) is 28.6 Å². The second-order valence-corrected chi connectivity index (χ2v) is 10.2. The van der Waals surface area contributed by atoms with Crippen LogP contribution in [-0.2, 0) is 26.0 Å². The predicted octanol–water partition coefficient (Wildman–Crippen LogP) is 2.64. The largest absolute Gasteiger partial charge is 0.342 e. The fraction of sp³-hybridized carbons (Fsp3) is 0.391. The fourth-order valence-electron chi connectivity index (χ4n) is 4.11. The third-order valence-electron chi connectivity index (χ3n) is 5.99. The number of amides is 2. The summed E-state index contributed by atoms with van der Waals surface area (Å²) in [6.07, 6.45) is 2.47. The SMILES string of the molecule is O=C(Nc1ccc(S(=O)(=O)N2CCCC2)cc1)[C@H]1CC(=O)N(CCc2ccc(F)cc2)C1. The number of hydrogen-bond acceptors (Lipinski definition) is 4. The third-order valence-corrected chi connectivity index (χ3v) is 7.91. The molecule has 170 valence electrons. The first kappa shape index (κ1) is 22.4. The van der Waals surface area contributed by atoms with Crippen molar-refractivity contribution in [3.8, 4) is 0 Å². The van der Waals surface area contributed by atoms with E-state index in [2.05, 4.69) is 5.32 Å². The lowest BCUT2D eigenvalue weighted by Gasteiger charge is -2.17. The molecule has 2 heterocycles. The minimum Gasteiger partial charge on any atom is -0.342 e. The lowest BCUT2D eigenvalue weighted by atomic mass is 10.1. The molecule has 2 aromatic rings. The van der Waals surface area contributed by atoms with Crippen molar-refractivity contribution >= 4 is 27.5 Å². The highest BCUT2D eigenvalue weighted by Crippen LogP contribution is 2.24. The number of halogens is 1. The van der Waals surface area contributed by atoms with Crippen molar-refractivity contribution in [3.63, 3.8) is 0 Å². The van der Waals surface area contributed by atoms with E-state index in [0.29, 0.717) is 38.3 Å². The fourth-order valence-corrected chi connectivity index (χ4v) is 5.63. The van der Waals surface area contributed by atoms with Crippen molar-refractivity contribution in [3.05, 3.63) is 59.9 Å². The van der Waals surface area contributed by atoms with Crippen LogP contribution in [0.2, 0.25) is 0 Å². The zero-order chi connectivity index (χ0) is 22.7. The quantitative estimate of drug-likeness (QED) is 0.690. The molecule has 0 bridgehead atoms. The summed E-state index contributed by atoms with van der Waals surface area (Å²) in [5.74, 6) is -1.12. The molecule has 0 radical (unpaired) electrons. The number of hydrogen-bond donors (Lipinski definition) is 1. The summed E-state index contributed by atoms with van der Waals surface area (Å²) >= 11 is 0. The Hall–Kier alpha value is -2.78. The summed E-state index contributed by atoms with van der Waals surface area (Å²) in [5, 5.41) is 2.79. The topological polar surface area (TPSA) is 86.8 Å². The molecule has 2 aromatic carbocycles. The van der Waals surface area contributed by atoms with Crippen LogP contribution in [0.25, 0.3) is 0 Å². The molecule has 2 aliphatic heterocycles. The third kappa shape index (κ3) is 4.99. The number of nitrogens with one attached hydrogen (secondary N) is 1. The first-order chi connectivity index (χ1) is 15.3. The van der Waals surface area contributed by atoms with Gasteiger partial charge in [0.05, 0.1) is 10.8 Å². The number of carbonyl (C=O) groups excluding carboxylic acids is 2. The van der Waals surface area contributed by atoms with E-state index >= 15 is 0 Å². The summed E-state index contributed by atoms with van der Waals surface area (Å²) in [4.78, 5) is 26.8. The summed E-state index contributed by atoms with van der Waals surface area (Å²) in [5.41, 5.74) is 1.42. The van der Waals surface area contributed by atoms with Gasteiger partial charge in [-0.1, -0.05) is 12.1 Å². The van der Waals surface area contributed by atoms with Gasteiger partial charge in [0.2, 0.25) is 21.8 Å². The minimum absolute atomic E-state index is 0.0840. The van der Waals surface area contributed by atoms with Crippen molar-refractivity contribution in [1.82, 2.24) is 9.21 Å². The number of benzene rings is 2. The highest BCUT2D eigenvalue weighted by Gasteiger charge is 2.34. The lowest BCUT2D eigenvalue weighted by molar-refractivity contribution is -0.128. The van der Waals surface area contributed by atoms with E-state index in [1.54, 1.807) is 29.2 Å². The van der Waals surface area contributed by atoms with Gasteiger partial charge in [0.25, 0.3) is 0 Å². The summed E-state index contributed by atoms with van der Waals surface area (Å²) in [7, 11) is -3.50. The van der Waals surface area contributed by atoms with Gasteiger partial charge >= 0.3 is 0 Å². The van der Waals surface area contributed by atoms with E-state index in [0.717, 1.165) is 18.4 Å². The first-order valence-electron chi connectivity index (χ1n) is 10.8. The predicted molar refractivity (Wildman–Crippen MR) is 118 cm³/mol. The Bertz CT molecular complexity index is 1080. The summed E-state index contributed by atoms with van der Waals surface area (Å²) in [6, 6.07) is 12.3. The molecule has 32 heavy (non-hydrogen) atoms. The van der Waals surface area contributed by atoms with Crippen LogP contribution in [0.5, 0.6) is 0 Å². The van der Waals surface area contributed by atoms with E-state index in [1.807, 2.05) is 0 Å². The van der Waals surface area contributed by atoms with Crippen LogP contribution in [-0.4, -0.2) is 55.6 Å². The summed E-state index contributed by atoms with van der Waals surface area (Å²) < 4.78 is 39.7. The van der Waals surface area contributed by atoms with E-state index in [9.17, 15) is 22.4 Å². The lowest BCUT2D eigenvalue weighted by Crippen LogP contribution is -2.30. The molecule has 2 amide bonds. The first-order valence-corrected chi connectivity index (χ1v) is 12.2. The molecule has 0 spiro atoms. The smallest absolute Gasteiger partial charge is 0.243 e. The van der Waals surface area contributed by atoms with Crippen molar-refractivity contribution in [2.24, 2.45) is 5.92 Å². The number of likely N-dealkylation sites (tertiary alicyclic amines) is 1. The Labute approximate surface area is 187 Å².